The molecule has 0 saturated heterocycles. The Hall–Kier alpha value is 0.806. The maximum atomic E-state index is 9.14. The third-order valence-corrected chi connectivity index (χ3v) is 0.167. The van der Waals surface area contributed by atoms with E-state index in [0.717, 1.165) is 6.08 Å². The molecule has 0 spiro atoms. The molecule has 2 N–H and O–H groups in total. The smallest absolute Gasteiger partial charge is 0.545 e. The predicted octanol–water partition coefficient (Wildman–Crippen LogP) is -4.90. The zero-order chi connectivity index (χ0) is 4.28. The van der Waals surface area contributed by atoms with Crippen LogP contribution in [0.5, 0.6) is 0 Å². The molecular formula is C3H5KO3. The SMILES string of the molecule is C=CC(=O)[O-].O.[K+]. The van der Waals surface area contributed by atoms with Crippen LogP contribution in [-0.2, 0) is 4.79 Å². The minimum absolute atomic E-state index is 0. The molecule has 36 valence electrons. The average molecular weight is 128 g/mol. The van der Waals surface area contributed by atoms with E-state index in [0.29, 0.717) is 0 Å². The summed E-state index contributed by atoms with van der Waals surface area (Å²) in [7, 11) is 0. The third kappa shape index (κ3) is 20.0. The first-order chi connectivity index (χ1) is 2.27. The van der Waals surface area contributed by atoms with Crippen LogP contribution in [0.1, 0.15) is 0 Å². The van der Waals surface area contributed by atoms with Gasteiger partial charge in [-0.05, 0) is 6.08 Å². The molecule has 0 aromatic heterocycles. The van der Waals surface area contributed by atoms with Gasteiger partial charge < -0.3 is 15.4 Å². The van der Waals surface area contributed by atoms with Crippen molar-refractivity contribution in [3.05, 3.63) is 12.7 Å². The van der Waals surface area contributed by atoms with Gasteiger partial charge in [-0.15, -0.1) is 0 Å². The summed E-state index contributed by atoms with van der Waals surface area (Å²) < 4.78 is 0. The Morgan fingerprint density at radius 3 is 1.86 bits per heavy atom. The van der Waals surface area contributed by atoms with Crippen molar-refractivity contribution < 1.29 is 66.8 Å². The average Bonchev–Trinajstić information content (AvgIpc) is 1.38. The zero-order valence-corrected chi connectivity index (χ0v) is 7.22. The van der Waals surface area contributed by atoms with E-state index in [9.17, 15) is 0 Å². The van der Waals surface area contributed by atoms with Crippen molar-refractivity contribution >= 4 is 5.97 Å². The van der Waals surface area contributed by atoms with Crippen molar-refractivity contribution in [3.63, 3.8) is 0 Å². The number of carboxylic acids is 1. The molecule has 0 rings (SSSR count). The summed E-state index contributed by atoms with van der Waals surface area (Å²) in [5.74, 6) is -1.23. The summed E-state index contributed by atoms with van der Waals surface area (Å²) >= 11 is 0. The van der Waals surface area contributed by atoms with Gasteiger partial charge in [0.1, 0.15) is 0 Å². The topological polar surface area (TPSA) is 71.6 Å². The summed E-state index contributed by atoms with van der Waals surface area (Å²) in [6, 6.07) is 0. The second-order valence-corrected chi connectivity index (χ2v) is 0.523. The van der Waals surface area contributed by atoms with Crippen LogP contribution in [-0.4, -0.2) is 11.4 Å². The van der Waals surface area contributed by atoms with Gasteiger partial charge in [-0.1, -0.05) is 6.58 Å². The fourth-order valence-electron chi connectivity index (χ4n) is 0. The van der Waals surface area contributed by atoms with E-state index in [-0.39, 0.29) is 56.9 Å². The van der Waals surface area contributed by atoms with Gasteiger partial charge in [0.05, 0.1) is 5.97 Å². The predicted molar refractivity (Wildman–Crippen MR) is 18.8 cm³/mol. The van der Waals surface area contributed by atoms with Crippen molar-refractivity contribution in [1.29, 1.82) is 0 Å². The maximum absolute atomic E-state index is 9.14. The number of rotatable bonds is 1. The van der Waals surface area contributed by atoms with Gasteiger partial charge >= 0.3 is 51.4 Å². The summed E-state index contributed by atoms with van der Waals surface area (Å²) in [5, 5.41) is 9.14. The van der Waals surface area contributed by atoms with Crippen LogP contribution in [0.2, 0.25) is 0 Å². The van der Waals surface area contributed by atoms with E-state index in [1.807, 2.05) is 0 Å². The molecule has 0 heterocycles. The van der Waals surface area contributed by atoms with Crippen LogP contribution in [0, 0.1) is 0 Å². The van der Waals surface area contributed by atoms with Crippen LogP contribution in [0.3, 0.4) is 0 Å². The molecule has 0 bridgehead atoms. The summed E-state index contributed by atoms with van der Waals surface area (Å²) in [6.45, 7) is 2.90. The summed E-state index contributed by atoms with van der Waals surface area (Å²) in [5.41, 5.74) is 0. The molecule has 0 atom stereocenters. The molecule has 7 heavy (non-hydrogen) atoms. The van der Waals surface area contributed by atoms with Crippen LogP contribution in [0.4, 0.5) is 0 Å². The van der Waals surface area contributed by atoms with Crippen LogP contribution in [0.15, 0.2) is 12.7 Å². The van der Waals surface area contributed by atoms with E-state index in [4.69, 9.17) is 9.90 Å². The van der Waals surface area contributed by atoms with Gasteiger partial charge in [-0.2, -0.15) is 0 Å². The van der Waals surface area contributed by atoms with Gasteiger partial charge in [0.2, 0.25) is 0 Å². The monoisotopic (exact) mass is 128 g/mol. The van der Waals surface area contributed by atoms with E-state index < -0.39 is 5.97 Å². The number of carbonyl (C=O) groups is 1. The van der Waals surface area contributed by atoms with Crippen LogP contribution in [0.25, 0.3) is 0 Å². The second kappa shape index (κ2) is 9.93. The molecule has 0 aliphatic carbocycles. The molecule has 0 aromatic rings. The fraction of sp³-hybridized carbons (Fsp3) is 0. The molecule has 0 fully saturated rings. The first-order valence-corrected chi connectivity index (χ1v) is 1.11. The van der Waals surface area contributed by atoms with E-state index in [2.05, 4.69) is 6.58 Å². The van der Waals surface area contributed by atoms with Crippen LogP contribution >= 0.6 is 0 Å². The van der Waals surface area contributed by atoms with Crippen molar-refractivity contribution in [3.8, 4) is 0 Å². The molecule has 0 aliphatic heterocycles. The number of carboxylic acid groups (broad SMARTS) is 1. The normalized spacial score (nSPS) is 4.57. The Bertz CT molecular complexity index is 61.2. The number of aliphatic carboxylic acids is 1. The Morgan fingerprint density at radius 1 is 1.71 bits per heavy atom. The fourth-order valence-corrected chi connectivity index (χ4v) is 0. The van der Waals surface area contributed by atoms with Gasteiger partial charge in [0, 0.05) is 0 Å². The second-order valence-electron chi connectivity index (χ2n) is 0.523. The first kappa shape index (κ1) is 15.7. The molecule has 4 heteroatoms. The Kier molecular flexibility index (Phi) is 22.2. The quantitative estimate of drug-likeness (QED) is 0.262. The molecule has 0 amide bonds. The number of hydrogen-bond acceptors (Lipinski definition) is 2. The van der Waals surface area contributed by atoms with Crippen LogP contribution < -0.4 is 56.5 Å². The first-order valence-electron chi connectivity index (χ1n) is 1.11. The zero-order valence-electron chi connectivity index (χ0n) is 4.10. The standard InChI is InChI=1S/C3H4O2.K.H2O/c1-2-3(4)5;;/h2H,1H2,(H,4,5);;1H2/q;+1;/p-1. The van der Waals surface area contributed by atoms with E-state index >= 15 is 0 Å². The van der Waals surface area contributed by atoms with Gasteiger partial charge in [-0.3, -0.25) is 0 Å². The number of hydrogen-bond donors (Lipinski definition) is 0. The molecule has 0 aliphatic rings. The van der Waals surface area contributed by atoms with Gasteiger partial charge in [-0.25, -0.2) is 0 Å². The Labute approximate surface area is 84.1 Å². The maximum Gasteiger partial charge on any atom is 1.00 e. The van der Waals surface area contributed by atoms with Gasteiger partial charge in [0.25, 0.3) is 0 Å². The van der Waals surface area contributed by atoms with Crippen molar-refractivity contribution in [2.24, 2.45) is 0 Å². The molecule has 0 saturated carbocycles. The van der Waals surface area contributed by atoms with E-state index in [1.165, 1.54) is 0 Å². The van der Waals surface area contributed by atoms with Crippen molar-refractivity contribution in [2.45, 2.75) is 0 Å². The molecule has 0 aromatic carbocycles. The van der Waals surface area contributed by atoms with E-state index in [1.54, 1.807) is 0 Å². The van der Waals surface area contributed by atoms with Crippen molar-refractivity contribution in [1.82, 2.24) is 0 Å². The summed E-state index contributed by atoms with van der Waals surface area (Å²) in [4.78, 5) is 9.14. The molecule has 3 nitrogen and oxygen atoms in total. The minimum Gasteiger partial charge on any atom is -0.545 e. The third-order valence-electron chi connectivity index (χ3n) is 0.167. The summed E-state index contributed by atoms with van der Waals surface area (Å²) in [6.07, 6.45) is 0.722. The minimum atomic E-state index is -1.23. The molecular weight excluding hydrogens is 123 g/mol. The largest absolute Gasteiger partial charge is 1.00 e. The Balaban J connectivity index is -0.0000000800. The van der Waals surface area contributed by atoms with Crippen molar-refractivity contribution in [2.75, 3.05) is 0 Å². The number of carbonyl (C=O) groups excluding carboxylic acids is 1. The Morgan fingerprint density at radius 2 is 1.86 bits per heavy atom. The van der Waals surface area contributed by atoms with Gasteiger partial charge in [0.15, 0.2) is 0 Å². The molecule has 0 unspecified atom stereocenters. The molecule has 0 radical (unpaired) electrons.